The minimum atomic E-state index is -0.0795. The highest BCUT2D eigenvalue weighted by atomic mass is 16.4. The molecule has 0 aliphatic rings. The predicted molar refractivity (Wildman–Crippen MR) is 68.7 cm³/mol. The van der Waals surface area contributed by atoms with E-state index in [1.165, 1.54) is 0 Å². The summed E-state index contributed by atoms with van der Waals surface area (Å²) in [6.07, 6.45) is 0. The molecule has 0 saturated heterocycles. The number of anilines is 1. The van der Waals surface area contributed by atoms with Crippen LogP contribution in [-0.2, 0) is 0 Å². The summed E-state index contributed by atoms with van der Waals surface area (Å²) in [5, 5.41) is 0. The number of nitrogen functional groups attached to an aromatic ring is 1. The molecule has 0 radical (unpaired) electrons. The van der Waals surface area contributed by atoms with Gasteiger partial charge in [0.05, 0.1) is 0 Å². The van der Waals surface area contributed by atoms with Crippen molar-refractivity contribution in [3.63, 3.8) is 0 Å². The lowest BCUT2D eigenvalue weighted by molar-refractivity contribution is 0.0684. The predicted octanol–water partition coefficient (Wildman–Crippen LogP) is 2.62. The lowest BCUT2D eigenvalue weighted by Crippen LogP contribution is -2.36. The first-order valence-corrected chi connectivity index (χ1v) is 6.04. The third-order valence-electron chi connectivity index (χ3n) is 2.30. The molecule has 96 valence electrons. The van der Waals surface area contributed by atoms with E-state index in [0.717, 1.165) is 13.1 Å². The van der Waals surface area contributed by atoms with E-state index in [1.54, 1.807) is 12.1 Å². The summed E-state index contributed by atoms with van der Waals surface area (Å²) in [7, 11) is 0. The van der Waals surface area contributed by atoms with Crippen molar-refractivity contribution in [3.8, 4) is 0 Å². The molecule has 0 unspecified atom stereocenters. The second-order valence-electron chi connectivity index (χ2n) is 5.20. The molecule has 17 heavy (non-hydrogen) atoms. The van der Waals surface area contributed by atoms with Crippen molar-refractivity contribution in [1.82, 2.24) is 4.90 Å². The van der Waals surface area contributed by atoms with Gasteiger partial charge in [-0.15, -0.1) is 0 Å². The molecule has 0 aliphatic carbocycles. The summed E-state index contributed by atoms with van der Waals surface area (Å²) in [6.45, 7) is 9.84. The van der Waals surface area contributed by atoms with Crippen molar-refractivity contribution in [2.45, 2.75) is 27.7 Å². The highest BCUT2D eigenvalue weighted by Gasteiger charge is 2.20. The number of nitrogens with zero attached hydrogens (tertiary/aromatic N) is 1. The first-order valence-electron chi connectivity index (χ1n) is 6.04. The molecule has 0 aromatic carbocycles. The Labute approximate surface area is 103 Å². The van der Waals surface area contributed by atoms with Crippen LogP contribution in [0.1, 0.15) is 38.2 Å². The fourth-order valence-corrected chi connectivity index (χ4v) is 1.75. The van der Waals surface area contributed by atoms with Crippen molar-refractivity contribution >= 4 is 11.8 Å². The van der Waals surface area contributed by atoms with Gasteiger partial charge in [-0.2, -0.15) is 0 Å². The van der Waals surface area contributed by atoms with Gasteiger partial charge in [-0.25, -0.2) is 0 Å². The molecule has 0 aliphatic heterocycles. The third kappa shape index (κ3) is 4.13. The maximum Gasteiger partial charge on any atom is 0.289 e. The zero-order valence-corrected chi connectivity index (χ0v) is 11.1. The molecule has 4 nitrogen and oxygen atoms in total. The Bertz CT molecular complexity index is 359. The van der Waals surface area contributed by atoms with Crippen molar-refractivity contribution in [1.29, 1.82) is 0 Å². The summed E-state index contributed by atoms with van der Waals surface area (Å²) in [5.41, 5.74) is 5.48. The van der Waals surface area contributed by atoms with E-state index in [1.807, 2.05) is 4.90 Å². The Hall–Kier alpha value is -1.45. The summed E-state index contributed by atoms with van der Waals surface area (Å²) in [6, 6.07) is 3.24. The van der Waals surface area contributed by atoms with Gasteiger partial charge in [0.2, 0.25) is 0 Å². The van der Waals surface area contributed by atoms with Gasteiger partial charge in [0.15, 0.2) is 11.6 Å². The summed E-state index contributed by atoms with van der Waals surface area (Å²) < 4.78 is 5.18. The standard InChI is InChI=1S/C13H22N2O2/c1-9(2)7-15(8-10(3)4)13(16)11-5-6-12(14)17-11/h5-6,9-10H,7-8,14H2,1-4H3. The number of rotatable bonds is 5. The lowest BCUT2D eigenvalue weighted by atomic mass is 10.1. The largest absolute Gasteiger partial charge is 0.436 e. The topological polar surface area (TPSA) is 59.5 Å². The number of nitrogens with two attached hydrogens (primary N) is 1. The van der Waals surface area contributed by atoms with Crippen LogP contribution < -0.4 is 5.73 Å². The highest BCUT2D eigenvalue weighted by Crippen LogP contribution is 2.14. The van der Waals surface area contributed by atoms with Gasteiger partial charge < -0.3 is 15.1 Å². The molecule has 0 saturated carbocycles. The second kappa shape index (κ2) is 5.75. The summed E-state index contributed by atoms with van der Waals surface area (Å²) >= 11 is 0. The number of amides is 1. The molecule has 1 rings (SSSR count). The molecule has 0 fully saturated rings. The van der Waals surface area contributed by atoms with Crippen molar-refractivity contribution in [2.24, 2.45) is 11.8 Å². The first-order chi connectivity index (χ1) is 7.90. The minimum Gasteiger partial charge on any atom is -0.436 e. The van der Waals surface area contributed by atoms with Gasteiger partial charge in [-0.1, -0.05) is 27.7 Å². The fraction of sp³-hybridized carbons (Fsp3) is 0.615. The third-order valence-corrected chi connectivity index (χ3v) is 2.30. The fourth-order valence-electron chi connectivity index (χ4n) is 1.75. The summed E-state index contributed by atoms with van der Waals surface area (Å²) in [5.74, 6) is 1.39. The number of hydrogen-bond acceptors (Lipinski definition) is 3. The van der Waals surface area contributed by atoms with Crippen LogP contribution in [0.25, 0.3) is 0 Å². The average molecular weight is 238 g/mol. The van der Waals surface area contributed by atoms with Gasteiger partial charge in [-0.3, -0.25) is 4.79 Å². The molecular formula is C13H22N2O2. The molecule has 4 heteroatoms. The van der Waals surface area contributed by atoms with E-state index in [4.69, 9.17) is 10.2 Å². The molecule has 0 atom stereocenters. The zero-order valence-electron chi connectivity index (χ0n) is 11.1. The van der Waals surface area contributed by atoms with E-state index in [9.17, 15) is 4.79 Å². The van der Waals surface area contributed by atoms with Gasteiger partial charge in [0, 0.05) is 19.2 Å². The molecule has 1 heterocycles. The molecule has 0 bridgehead atoms. The molecule has 1 aromatic rings. The Kier molecular flexibility index (Phi) is 4.61. The van der Waals surface area contributed by atoms with Gasteiger partial charge in [-0.05, 0) is 17.9 Å². The molecular weight excluding hydrogens is 216 g/mol. The average Bonchev–Trinajstić information content (AvgIpc) is 2.61. The quantitative estimate of drug-likeness (QED) is 0.857. The Morgan fingerprint density at radius 3 is 2.12 bits per heavy atom. The van der Waals surface area contributed by atoms with Crippen LogP contribution in [0.2, 0.25) is 0 Å². The van der Waals surface area contributed by atoms with E-state index in [-0.39, 0.29) is 11.8 Å². The van der Waals surface area contributed by atoms with Crippen molar-refractivity contribution in [3.05, 3.63) is 17.9 Å². The van der Waals surface area contributed by atoms with Crippen LogP contribution in [0, 0.1) is 11.8 Å². The number of furan rings is 1. The van der Waals surface area contributed by atoms with Gasteiger partial charge in [0.1, 0.15) is 0 Å². The number of carbonyl (C=O) groups excluding carboxylic acids is 1. The van der Waals surface area contributed by atoms with E-state index in [0.29, 0.717) is 17.6 Å². The van der Waals surface area contributed by atoms with Crippen molar-refractivity contribution < 1.29 is 9.21 Å². The Morgan fingerprint density at radius 1 is 1.24 bits per heavy atom. The monoisotopic (exact) mass is 238 g/mol. The van der Waals surface area contributed by atoms with Crippen LogP contribution in [0.3, 0.4) is 0 Å². The SMILES string of the molecule is CC(C)CN(CC(C)C)C(=O)c1ccc(N)o1. The molecule has 1 amide bonds. The van der Waals surface area contributed by atoms with Crippen molar-refractivity contribution in [2.75, 3.05) is 18.8 Å². The maximum atomic E-state index is 12.2. The highest BCUT2D eigenvalue weighted by molar-refractivity contribution is 5.91. The van der Waals surface area contributed by atoms with Crippen LogP contribution in [0.4, 0.5) is 5.88 Å². The van der Waals surface area contributed by atoms with Crippen LogP contribution in [-0.4, -0.2) is 23.9 Å². The Morgan fingerprint density at radius 2 is 1.76 bits per heavy atom. The van der Waals surface area contributed by atoms with Gasteiger partial charge >= 0.3 is 0 Å². The zero-order chi connectivity index (χ0) is 13.0. The van der Waals surface area contributed by atoms with Crippen LogP contribution >= 0.6 is 0 Å². The normalized spacial score (nSPS) is 11.2. The van der Waals surface area contributed by atoms with E-state index >= 15 is 0 Å². The molecule has 0 spiro atoms. The maximum absolute atomic E-state index is 12.2. The van der Waals surface area contributed by atoms with E-state index < -0.39 is 0 Å². The number of hydrogen-bond donors (Lipinski definition) is 1. The minimum absolute atomic E-state index is 0.0795. The second-order valence-corrected chi connectivity index (χ2v) is 5.20. The first kappa shape index (κ1) is 13.6. The Balaban J connectivity index is 2.78. The lowest BCUT2D eigenvalue weighted by Gasteiger charge is -2.25. The smallest absolute Gasteiger partial charge is 0.289 e. The molecule has 2 N–H and O–H groups in total. The van der Waals surface area contributed by atoms with Crippen LogP contribution in [0.15, 0.2) is 16.5 Å². The van der Waals surface area contributed by atoms with Crippen LogP contribution in [0.5, 0.6) is 0 Å². The summed E-state index contributed by atoms with van der Waals surface area (Å²) in [4.78, 5) is 14.0. The van der Waals surface area contributed by atoms with Gasteiger partial charge in [0.25, 0.3) is 5.91 Å². The molecule has 1 aromatic heterocycles. The number of carbonyl (C=O) groups is 1. The van der Waals surface area contributed by atoms with E-state index in [2.05, 4.69) is 27.7 Å².